The Morgan fingerprint density at radius 2 is 2.06 bits per heavy atom. The van der Waals surface area contributed by atoms with E-state index in [1.807, 2.05) is 13.8 Å². The van der Waals surface area contributed by atoms with E-state index in [1.165, 1.54) is 0 Å². The molecule has 0 spiro atoms. The van der Waals surface area contributed by atoms with Crippen LogP contribution in [0, 0.1) is 5.92 Å². The molecule has 1 rings (SSSR count). The molecular formula is C12H16Cl2N2O. The molecule has 1 unspecified atom stereocenters. The molecular weight excluding hydrogens is 259 g/mol. The maximum atomic E-state index is 11.7. The molecule has 3 N–H and O–H groups in total. The van der Waals surface area contributed by atoms with Crippen LogP contribution in [0.15, 0.2) is 18.2 Å². The summed E-state index contributed by atoms with van der Waals surface area (Å²) >= 11 is 11.8. The highest BCUT2D eigenvalue weighted by molar-refractivity contribution is 6.43. The zero-order chi connectivity index (χ0) is 13.0. The smallest absolute Gasteiger partial charge is 0.225 e. The summed E-state index contributed by atoms with van der Waals surface area (Å²) in [6, 6.07) is 4.94. The fraction of sp³-hybridized carbons (Fsp3) is 0.417. The molecule has 1 aromatic carbocycles. The van der Waals surface area contributed by atoms with E-state index in [1.54, 1.807) is 18.2 Å². The molecule has 94 valence electrons. The van der Waals surface area contributed by atoms with Gasteiger partial charge in [0.15, 0.2) is 0 Å². The van der Waals surface area contributed by atoms with E-state index in [9.17, 15) is 4.79 Å². The average molecular weight is 275 g/mol. The number of hydrogen-bond donors (Lipinski definition) is 2. The number of carbonyl (C=O) groups is 1. The van der Waals surface area contributed by atoms with Gasteiger partial charge in [-0.05, 0) is 18.1 Å². The van der Waals surface area contributed by atoms with Crippen LogP contribution >= 0.6 is 23.2 Å². The number of carbonyl (C=O) groups excluding carboxylic acids is 1. The number of hydrogen-bond acceptors (Lipinski definition) is 2. The molecule has 1 aromatic rings. The van der Waals surface area contributed by atoms with Crippen molar-refractivity contribution in [1.82, 2.24) is 0 Å². The van der Waals surface area contributed by atoms with E-state index in [0.29, 0.717) is 15.7 Å². The average Bonchev–Trinajstić information content (AvgIpc) is 2.24. The predicted molar refractivity (Wildman–Crippen MR) is 72.5 cm³/mol. The lowest BCUT2D eigenvalue weighted by molar-refractivity contribution is -0.116. The minimum Gasteiger partial charge on any atom is -0.327 e. The Kier molecular flexibility index (Phi) is 5.25. The van der Waals surface area contributed by atoms with Gasteiger partial charge in [0, 0.05) is 12.5 Å². The van der Waals surface area contributed by atoms with Crippen molar-refractivity contribution in [3.8, 4) is 0 Å². The monoisotopic (exact) mass is 274 g/mol. The Labute approximate surface area is 111 Å². The van der Waals surface area contributed by atoms with Crippen LogP contribution in [0.1, 0.15) is 20.3 Å². The van der Waals surface area contributed by atoms with Crippen molar-refractivity contribution >= 4 is 34.8 Å². The summed E-state index contributed by atoms with van der Waals surface area (Å²) in [5, 5.41) is 3.46. The molecule has 0 aliphatic carbocycles. The number of nitrogens with two attached hydrogens (primary N) is 1. The number of nitrogens with one attached hydrogen (secondary N) is 1. The van der Waals surface area contributed by atoms with Crippen molar-refractivity contribution in [2.45, 2.75) is 26.3 Å². The third-order valence-electron chi connectivity index (χ3n) is 2.50. The van der Waals surface area contributed by atoms with E-state index in [-0.39, 0.29) is 24.3 Å². The van der Waals surface area contributed by atoms with Gasteiger partial charge in [0.05, 0.1) is 15.7 Å². The lowest BCUT2D eigenvalue weighted by Gasteiger charge is -2.15. The molecule has 0 aliphatic rings. The van der Waals surface area contributed by atoms with Crippen LogP contribution in [0.3, 0.4) is 0 Å². The van der Waals surface area contributed by atoms with Crippen molar-refractivity contribution in [1.29, 1.82) is 0 Å². The molecule has 1 amide bonds. The van der Waals surface area contributed by atoms with Gasteiger partial charge in [-0.15, -0.1) is 0 Å². The molecule has 3 nitrogen and oxygen atoms in total. The number of amides is 1. The lowest BCUT2D eigenvalue weighted by atomic mass is 10.0. The standard InChI is InChI=1S/C12H16Cl2N2O/c1-7(2)9(15)6-11(17)16-10-5-3-4-8(13)12(10)14/h3-5,7,9H,6,15H2,1-2H3,(H,16,17). The van der Waals surface area contributed by atoms with Crippen molar-refractivity contribution in [2.24, 2.45) is 11.7 Å². The first kappa shape index (κ1) is 14.3. The van der Waals surface area contributed by atoms with E-state index in [2.05, 4.69) is 5.32 Å². The zero-order valence-electron chi connectivity index (χ0n) is 9.84. The molecule has 0 aliphatic heterocycles. The van der Waals surface area contributed by atoms with Crippen LogP contribution < -0.4 is 11.1 Å². The molecule has 0 heterocycles. The van der Waals surface area contributed by atoms with Gasteiger partial charge in [0.2, 0.25) is 5.91 Å². The van der Waals surface area contributed by atoms with Crippen molar-refractivity contribution < 1.29 is 4.79 Å². The van der Waals surface area contributed by atoms with E-state index in [4.69, 9.17) is 28.9 Å². The first-order chi connectivity index (χ1) is 7.91. The summed E-state index contributed by atoms with van der Waals surface area (Å²) in [6.45, 7) is 3.95. The van der Waals surface area contributed by atoms with Crippen LogP contribution in [-0.2, 0) is 4.79 Å². The summed E-state index contributed by atoms with van der Waals surface area (Å²) in [7, 11) is 0. The molecule has 0 saturated carbocycles. The molecule has 0 radical (unpaired) electrons. The third kappa shape index (κ3) is 4.19. The largest absolute Gasteiger partial charge is 0.327 e. The maximum absolute atomic E-state index is 11.7. The topological polar surface area (TPSA) is 55.1 Å². The Balaban J connectivity index is 2.66. The molecule has 0 bridgehead atoms. The quantitative estimate of drug-likeness (QED) is 0.885. The van der Waals surface area contributed by atoms with E-state index >= 15 is 0 Å². The van der Waals surface area contributed by atoms with Crippen molar-refractivity contribution in [3.05, 3.63) is 28.2 Å². The fourth-order valence-electron chi connectivity index (χ4n) is 1.25. The summed E-state index contributed by atoms with van der Waals surface area (Å²) in [6.07, 6.45) is 0.264. The summed E-state index contributed by atoms with van der Waals surface area (Å²) < 4.78 is 0. The molecule has 0 fully saturated rings. The second kappa shape index (κ2) is 6.24. The normalized spacial score (nSPS) is 12.6. The van der Waals surface area contributed by atoms with Crippen molar-refractivity contribution in [2.75, 3.05) is 5.32 Å². The molecule has 0 aromatic heterocycles. The fourth-order valence-corrected chi connectivity index (χ4v) is 1.60. The van der Waals surface area contributed by atoms with Crippen LogP contribution in [0.4, 0.5) is 5.69 Å². The first-order valence-electron chi connectivity index (χ1n) is 5.41. The second-order valence-corrected chi connectivity index (χ2v) is 5.05. The molecule has 5 heteroatoms. The van der Waals surface area contributed by atoms with Gasteiger partial charge < -0.3 is 11.1 Å². The number of anilines is 1. The minimum absolute atomic E-state index is 0.157. The summed E-state index contributed by atoms with van der Waals surface area (Å²) in [4.78, 5) is 11.7. The maximum Gasteiger partial charge on any atom is 0.225 e. The van der Waals surface area contributed by atoms with Crippen LogP contribution in [-0.4, -0.2) is 11.9 Å². The SMILES string of the molecule is CC(C)C(N)CC(=O)Nc1cccc(Cl)c1Cl. The number of benzene rings is 1. The number of halogens is 2. The van der Waals surface area contributed by atoms with Gasteiger partial charge in [0.1, 0.15) is 0 Å². The van der Waals surface area contributed by atoms with Crippen LogP contribution in [0.5, 0.6) is 0 Å². The highest BCUT2D eigenvalue weighted by Gasteiger charge is 2.14. The third-order valence-corrected chi connectivity index (χ3v) is 3.32. The second-order valence-electron chi connectivity index (χ2n) is 4.26. The van der Waals surface area contributed by atoms with Crippen LogP contribution in [0.2, 0.25) is 10.0 Å². The highest BCUT2D eigenvalue weighted by Crippen LogP contribution is 2.29. The van der Waals surface area contributed by atoms with Gasteiger partial charge in [-0.25, -0.2) is 0 Å². The first-order valence-corrected chi connectivity index (χ1v) is 6.17. The Bertz CT molecular complexity index is 407. The Hall–Kier alpha value is -0.770. The molecule has 17 heavy (non-hydrogen) atoms. The Morgan fingerprint density at radius 3 is 2.65 bits per heavy atom. The van der Waals surface area contributed by atoms with E-state index < -0.39 is 0 Å². The Morgan fingerprint density at radius 1 is 1.41 bits per heavy atom. The van der Waals surface area contributed by atoms with Gasteiger partial charge in [0.25, 0.3) is 0 Å². The van der Waals surface area contributed by atoms with Crippen molar-refractivity contribution in [3.63, 3.8) is 0 Å². The van der Waals surface area contributed by atoms with E-state index in [0.717, 1.165) is 0 Å². The summed E-state index contributed by atoms with van der Waals surface area (Å²) in [5.74, 6) is 0.103. The zero-order valence-corrected chi connectivity index (χ0v) is 11.3. The van der Waals surface area contributed by atoms with Gasteiger partial charge >= 0.3 is 0 Å². The van der Waals surface area contributed by atoms with Gasteiger partial charge in [-0.2, -0.15) is 0 Å². The van der Waals surface area contributed by atoms with Gasteiger partial charge in [-0.1, -0.05) is 43.1 Å². The summed E-state index contributed by atoms with van der Waals surface area (Å²) in [5.41, 5.74) is 6.33. The molecule has 0 saturated heterocycles. The van der Waals surface area contributed by atoms with Crippen LogP contribution in [0.25, 0.3) is 0 Å². The molecule has 1 atom stereocenters. The highest BCUT2D eigenvalue weighted by atomic mass is 35.5. The lowest BCUT2D eigenvalue weighted by Crippen LogP contribution is -2.31. The minimum atomic E-state index is -0.159. The predicted octanol–water partition coefficient (Wildman–Crippen LogP) is 3.31. The van der Waals surface area contributed by atoms with Gasteiger partial charge in [-0.3, -0.25) is 4.79 Å². The number of rotatable bonds is 4.